The van der Waals surface area contributed by atoms with Crippen molar-refractivity contribution in [2.75, 3.05) is 0 Å². The third kappa shape index (κ3) is 1.97. The van der Waals surface area contributed by atoms with Crippen molar-refractivity contribution >= 4 is 15.9 Å². The van der Waals surface area contributed by atoms with Crippen molar-refractivity contribution in [1.82, 2.24) is 9.13 Å². The van der Waals surface area contributed by atoms with Gasteiger partial charge in [0.15, 0.2) is 0 Å². The van der Waals surface area contributed by atoms with Gasteiger partial charge in [0.05, 0.1) is 5.69 Å². The van der Waals surface area contributed by atoms with Gasteiger partial charge in [-0.3, -0.25) is 9.13 Å². The van der Waals surface area contributed by atoms with Crippen molar-refractivity contribution in [2.45, 2.75) is 19.9 Å². The molecule has 0 atom stereocenters. The predicted octanol–water partition coefficient (Wildman–Crippen LogP) is 2.98. The van der Waals surface area contributed by atoms with E-state index in [0.717, 1.165) is 10.2 Å². The minimum Gasteiger partial charge on any atom is -0.296 e. The van der Waals surface area contributed by atoms with Gasteiger partial charge < -0.3 is 0 Å². The number of benzene rings is 1. The monoisotopic (exact) mass is 280 g/mol. The maximum absolute atomic E-state index is 12.0. The van der Waals surface area contributed by atoms with E-state index in [2.05, 4.69) is 15.9 Å². The van der Waals surface area contributed by atoms with Crippen LogP contribution in [-0.2, 0) is 0 Å². The quantitative estimate of drug-likeness (QED) is 0.831. The largest absolute Gasteiger partial charge is 0.332 e. The Labute approximate surface area is 102 Å². The minimum atomic E-state index is -0.00248. The molecule has 1 aromatic heterocycles. The summed E-state index contributed by atoms with van der Waals surface area (Å²) in [5, 5.41) is 0. The molecule has 4 heteroatoms. The van der Waals surface area contributed by atoms with E-state index in [1.54, 1.807) is 15.3 Å². The summed E-state index contributed by atoms with van der Waals surface area (Å²) in [6.07, 6.45) is 3.61. The standard InChI is InChI=1S/C12H13BrN2O/c1-9(2)14-7-8-15(12(14)16)11-5-3-10(13)4-6-11/h3-9H,1-2H3. The van der Waals surface area contributed by atoms with E-state index in [1.165, 1.54) is 0 Å². The summed E-state index contributed by atoms with van der Waals surface area (Å²) >= 11 is 3.37. The first-order chi connectivity index (χ1) is 7.59. The first kappa shape index (κ1) is 11.2. The maximum atomic E-state index is 12.0. The molecule has 2 aromatic rings. The van der Waals surface area contributed by atoms with Crippen molar-refractivity contribution in [3.05, 3.63) is 51.6 Å². The second kappa shape index (κ2) is 4.29. The number of hydrogen-bond donors (Lipinski definition) is 0. The van der Waals surface area contributed by atoms with E-state index in [-0.39, 0.29) is 11.7 Å². The van der Waals surface area contributed by atoms with Crippen LogP contribution in [0.2, 0.25) is 0 Å². The van der Waals surface area contributed by atoms with Gasteiger partial charge in [-0.05, 0) is 38.1 Å². The van der Waals surface area contributed by atoms with Crippen LogP contribution >= 0.6 is 15.9 Å². The summed E-state index contributed by atoms with van der Waals surface area (Å²) < 4.78 is 4.36. The second-order valence-corrected chi connectivity index (χ2v) is 4.84. The lowest BCUT2D eigenvalue weighted by Crippen LogP contribution is -2.24. The molecule has 0 saturated heterocycles. The molecular weight excluding hydrogens is 268 g/mol. The highest BCUT2D eigenvalue weighted by Crippen LogP contribution is 2.13. The molecule has 0 aliphatic carbocycles. The Hall–Kier alpha value is -1.29. The first-order valence-corrected chi connectivity index (χ1v) is 5.94. The Morgan fingerprint density at radius 1 is 1.12 bits per heavy atom. The zero-order valence-corrected chi connectivity index (χ0v) is 10.8. The lowest BCUT2D eigenvalue weighted by Gasteiger charge is -2.05. The van der Waals surface area contributed by atoms with Crippen LogP contribution in [-0.4, -0.2) is 9.13 Å². The maximum Gasteiger partial charge on any atom is 0.332 e. The number of halogens is 1. The summed E-state index contributed by atoms with van der Waals surface area (Å²) in [6, 6.07) is 7.86. The summed E-state index contributed by atoms with van der Waals surface area (Å²) in [7, 11) is 0. The summed E-state index contributed by atoms with van der Waals surface area (Å²) in [6.45, 7) is 3.99. The SMILES string of the molecule is CC(C)n1ccn(-c2ccc(Br)cc2)c1=O. The molecule has 16 heavy (non-hydrogen) atoms. The molecular formula is C12H13BrN2O. The highest BCUT2D eigenvalue weighted by Gasteiger charge is 2.07. The minimum absolute atomic E-state index is 0.00248. The molecule has 0 amide bonds. The first-order valence-electron chi connectivity index (χ1n) is 5.15. The van der Waals surface area contributed by atoms with Crippen molar-refractivity contribution < 1.29 is 0 Å². The van der Waals surface area contributed by atoms with Crippen LogP contribution in [0.1, 0.15) is 19.9 Å². The van der Waals surface area contributed by atoms with Crippen LogP contribution in [0.5, 0.6) is 0 Å². The molecule has 2 rings (SSSR count). The average Bonchev–Trinajstić information content (AvgIpc) is 2.61. The summed E-state index contributed by atoms with van der Waals surface area (Å²) in [4.78, 5) is 12.0. The van der Waals surface area contributed by atoms with Gasteiger partial charge in [0.1, 0.15) is 0 Å². The second-order valence-electron chi connectivity index (χ2n) is 3.93. The fourth-order valence-electron chi connectivity index (χ4n) is 1.58. The van der Waals surface area contributed by atoms with E-state index < -0.39 is 0 Å². The zero-order chi connectivity index (χ0) is 11.7. The molecule has 84 valence electrons. The van der Waals surface area contributed by atoms with E-state index in [1.807, 2.05) is 44.3 Å². The van der Waals surface area contributed by atoms with E-state index in [0.29, 0.717) is 0 Å². The molecule has 0 spiro atoms. The number of nitrogens with zero attached hydrogens (tertiary/aromatic N) is 2. The predicted molar refractivity (Wildman–Crippen MR) is 68.1 cm³/mol. The fraction of sp³-hybridized carbons (Fsp3) is 0.250. The average molecular weight is 281 g/mol. The number of aromatic nitrogens is 2. The molecule has 0 unspecified atom stereocenters. The molecule has 0 radical (unpaired) electrons. The number of rotatable bonds is 2. The summed E-state index contributed by atoms with van der Waals surface area (Å²) in [5.74, 6) is 0. The Bertz CT molecular complexity index is 537. The van der Waals surface area contributed by atoms with Gasteiger partial charge in [-0.1, -0.05) is 15.9 Å². The van der Waals surface area contributed by atoms with Gasteiger partial charge in [0.25, 0.3) is 0 Å². The van der Waals surface area contributed by atoms with Gasteiger partial charge in [-0.25, -0.2) is 4.79 Å². The Balaban J connectivity index is 2.49. The van der Waals surface area contributed by atoms with Crippen molar-refractivity contribution in [1.29, 1.82) is 0 Å². The molecule has 0 saturated carbocycles. The van der Waals surface area contributed by atoms with Crippen LogP contribution in [0.25, 0.3) is 5.69 Å². The van der Waals surface area contributed by atoms with Crippen LogP contribution in [0.15, 0.2) is 45.9 Å². The van der Waals surface area contributed by atoms with Crippen LogP contribution in [0.4, 0.5) is 0 Å². The molecule has 3 nitrogen and oxygen atoms in total. The highest BCUT2D eigenvalue weighted by molar-refractivity contribution is 9.10. The van der Waals surface area contributed by atoms with Crippen LogP contribution in [0, 0.1) is 0 Å². The lowest BCUT2D eigenvalue weighted by molar-refractivity contribution is 0.574. The Morgan fingerprint density at radius 3 is 2.25 bits per heavy atom. The molecule has 1 aromatic carbocycles. The van der Waals surface area contributed by atoms with Gasteiger partial charge in [0, 0.05) is 22.9 Å². The van der Waals surface area contributed by atoms with Gasteiger partial charge in [-0.2, -0.15) is 0 Å². The van der Waals surface area contributed by atoms with E-state index in [4.69, 9.17) is 0 Å². The highest BCUT2D eigenvalue weighted by atomic mass is 79.9. The molecule has 0 aliphatic heterocycles. The zero-order valence-electron chi connectivity index (χ0n) is 9.22. The molecule has 1 heterocycles. The van der Waals surface area contributed by atoms with Crippen LogP contribution in [0.3, 0.4) is 0 Å². The van der Waals surface area contributed by atoms with Gasteiger partial charge >= 0.3 is 5.69 Å². The van der Waals surface area contributed by atoms with Crippen molar-refractivity contribution in [3.63, 3.8) is 0 Å². The number of imidazole rings is 1. The Kier molecular flexibility index (Phi) is 3.01. The molecule has 0 aliphatic rings. The van der Waals surface area contributed by atoms with Gasteiger partial charge in [0.2, 0.25) is 0 Å². The third-order valence-corrected chi connectivity index (χ3v) is 2.99. The molecule has 0 N–H and O–H groups in total. The number of hydrogen-bond acceptors (Lipinski definition) is 1. The lowest BCUT2D eigenvalue weighted by atomic mass is 10.3. The topological polar surface area (TPSA) is 26.9 Å². The van der Waals surface area contributed by atoms with Crippen molar-refractivity contribution in [3.8, 4) is 5.69 Å². The third-order valence-electron chi connectivity index (χ3n) is 2.46. The van der Waals surface area contributed by atoms with Crippen LogP contribution < -0.4 is 5.69 Å². The Morgan fingerprint density at radius 2 is 1.75 bits per heavy atom. The van der Waals surface area contributed by atoms with Crippen molar-refractivity contribution in [2.24, 2.45) is 0 Å². The molecule has 0 bridgehead atoms. The van der Waals surface area contributed by atoms with E-state index >= 15 is 0 Å². The normalized spacial score (nSPS) is 11.0. The smallest absolute Gasteiger partial charge is 0.296 e. The van der Waals surface area contributed by atoms with Gasteiger partial charge in [-0.15, -0.1) is 0 Å². The summed E-state index contributed by atoms with van der Waals surface area (Å²) in [5.41, 5.74) is 0.880. The fourth-order valence-corrected chi connectivity index (χ4v) is 1.85. The van der Waals surface area contributed by atoms with E-state index in [9.17, 15) is 4.79 Å². The molecule has 0 fully saturated rings.